The van der Waals surface area contributed by atoms with Crippen molar-refractivity contribution >= 4 is 5.97 Å². The molecule has 0 saturated heterocycles. The monoisotopic (exact) mass is 284 g/mol. The zero-order valence-corrected chi connectivity index (χ0v) is 13.3. The van der Waals surface area contributed by atoms with Gasteiger partial charge in [-0.15, -0.1) is 0 Å². The molecule has 20 heavy (non-hydrogen) atoms. The zero-order chi connectivity index (χ0) is 15.2. The molecule has 3 heteroatoms. The van der Waals surface area contributed by atoms with E-state index in [0.29, 0.717) is 12.2 Å². The van der Waals surface area contributed by atoms with E-state index >= 15 is 0 Å². The number of aliphatic hydroxyl groups is 1. The van der Waals surface area contributed by atoms with Gasteiger partial charge in [-0.1, -0.05) is 58.4 Å². The lowest BCUT2D eigenvalue weighted by atomic mass is 10.0. The molecular formula is C17H32O3. The summed E-state index contributed by atoms with van der Waals surface area (Å²) in [6.07, 6.45) is 10.9. The standard InChI is InChI=1S/C17H32O3/c1-4-12-16(18)13-10-8-6-5-7-9-11-14-20-17(19)15(2)3/h16,18H,2,4-14H2,1,3H3. The normalized spacial score (nSPS) is 12.2. The van der Waals surface area contributed by atoms with Crippen LogP contribution in [0.4, 0.5) is 0 Å². The second-order valence-electron chi connectivity index (χ2n) is 5.62. The average molecular weight is 284 g/mol. The minimum absolute atomic E-state index is 0.0944. The summed E-state index contributed by atoms with van der Waals surface area (Å²) in [6.45, 7) is 7.83. The molecule has 1 N–H and O–H groups in total. The quantitative estimate of drug-likeness (QED) is 0.310. The molecular weight excluding hydrogens is 252 g/mol. The van der Waals surface area contributed by atoms with Crippen molar-refractivity contribution in [2.75, 3.05) is 6.61 Å². The first-order chi connectivity index (χ1) is 9.57. The van der Waals surface area contributed by atoms with Crippen molar-refractivity contribution in [1.29, 1.82) is 0 Å². The van der Waals surface area contributed by atoms with E-state index in [2.05, 4.69) is 13.5 Å². The molecule has 0 aromatic rings. The molecule has 0 spiro atoms. The highest BCUT2D eigenvalue weighted by Gasteiger charge is 2.02. The Morgan fingerprint density at radius 1 is 1.05 bits per heavy atom. The van der Waals surface area contributed by atoms with Crippen LogP contribution in [0, 0.1) is 0 Å². The van der Waals surface area contributed by atoms with E-state index in [1.54, 1.807) is 6.92 Å². The molecule has 0 aliphatic rings. The van der Waals surface area contributed by atoms with Gasteiger partial charge in [0, 0.05) is 5.57 Å². The third kappa shape index (κ3) is 12.2. The molecule has 0 saturated carbocycles. The van der Waals surface area contributed by atoms with E-state index in [9.17, 15) is 9.90 Å². The summed E-state index contributed by atoms with van der Waals surface area (Å²) in [5, 5.41) is 9.59. The lowest BCUT2D eigenvalue weighted by Crippen LogP contribution is -2.06. The summed E-state index contributed by atoms with van der Waals surface area (Å²) < 4.78 is 5.03. The van der Waals surface area contributed by atoms with Gasteiger partial charge < -0.3 is 9.84 Å². The van der Waals surface area contributed by atoms with Gasteiger partial charge in [-0.3, -0.25) is 0 Å². The minimum Gasteiger partial charge on any atom is -0.462 e. The van der Waals surface area contributed by atoms with Crippen molar-refractivity contribution in [1.82, 2.24) is 0 Å². The van der Waals surface area contributed by atoms with Gasteiger partial charge in [-0.25, -0.2) is 4.79 Å². The van der Waals surface area contributed by atoms with Crippen LogP contribution in [0.1, 0.15) is 78.1 Å². The first-order valence-corrected chi connectivity index (χ1v) is 8.08. The molecule has 0 fully saturated rings. The first-order valence-electron chi connectivity index (χ1n) is 8.08. The number of esters is 1. The number of ether oxygens (including phenoxy) is 1. The number of rotatable bonds is 13. The molecule has 118 valence electrons. The van der Waals surface area contributed by atoms with Crippen molar-refractivity contribution in [3.05, 3.63) is 12.2 Å². The largest absolute Gasteiger partial charge is 0.462 e. The molecule has 0 radical (unpaired) electrons. The van der Waals surface area contributed by atoms with Crippen LogP contribution >= 0.6 is 0 Å². The van der Waals surface area contributed by atoms with Gasteiger partial charge in [0.25, 0.3) is 0 Å². The summed E-state index contributed by atoms with van der Waals surface area (Å²) in [4.78, 5) is 11.1. The molecule has 0 aliphatic heterocycles. The molecule has 0 aliphatic carbocycles. The molecule has 0 heterocycles. The maximum Gasteiger partial charge on any atom is 0.333 e. The summed E-state index contributed by atoms with van der Waals surface area (Å²) in [7, 11) is 0. The van der Waals surface area contributed by atoms with E-state index in [1.165, 1.54) is 25.7 Å². The number of aliphatic hydroxyl groups excluding tert-OH is 1. The second-order valence-corrected chi connectivity index (χ2v) is 5.62. The maximum atomic E-state index is 11.1. The van der Waals surface area contributed by atoms with E-state index in [1.807, 2.05) is 0 Å². The summed E-state index contributed by atoms with van der Waals surface area (Å²) in [5.41, 5.74) is 0.468. The Labute approximate surface area is 124 Å². The molecule has 3 nitrogen and oxygen atoms in total. The van der Waals surface area contributed by atoms with Crippen LogP contribution < -0.4 is 0 Å². The van der Waals surface area contributed by atoms with Gasteiger partial charge in [0.05, 0.1) is 12.7 Å². The van der Waals surface area contributed by atoms with Crippen molar-refractivity contribution in [2.45, 2.75) is 84.2 Å². The van der Waals surface area contributed by atoms with Crippen molar-refractivity contribution in [3.8, 4) is 0 Å². The Balaban J connectivity index is 3.17. The lowest BCUT2D eigenvalue weighted by Gasteiger charge is -2.08. The molecule has 0 rings (SSSR count). The van der Waals surface area contributed by atoms with Gasteiger partial charge in [-0.05, 0) is 26.2 Å². The minimum atomic E-state index is -0.282. The third-order valence-corrected chi connectivity index (χ3v) is 3.39. The number of hydrogen-bond acceptors (Lipinski definition) is 3. The third-order valence-electron chi connectivity index (χ3n) is 3.39. The molecule has 0 bridgehead atoms. The summed E-state index contributed by atoms with van der Waals surface area (Å²) in [6, 6.07) is 0. The number of hydrogen-bond donors (Lipinski definition) is 1. The van der Waals surface area contributed by atoms with E-state index in [4.69, 9.17) is 4.74 Å². The predicted octanol–water partition coefficient (Wildman–Crippen LogP) is 4.39. The Kier molecular flexibility index (Phi) is 12.6. The molecule has 1 unspecified atom stereocenters. The first kappa shape index (κ1) is 19.2. The van der Waals surface area contributed by atoms with Crippen LogP contribution in [-0.4, -0.2) is 23.8 Å². The zero-order valence-electron chi connectivity index (χ0n) is 13.3. The van der Waals surface area contributed by atoms with Gasteiger partial charge in [0.15, 0.2) is 0 Å². The highest BCUT2D eigenvalue weighted by Crippen LogP contribution is 2.11. The molecule has 1 atom stereocenters. The Bertz CT molecular complexity index is 261. The van der Waals surface area contributed by atoms with Crippen LogP contribution in [0.25, 0.3) is 0 Å². The van der Waals surface area contributed by atoms with Crippen molar-refractivity contribution < 1.29 is 14.6 Å². The average Bonchev–Trinajstić information content (AvgIpc) is 2.40. The summed E-state index contributed by atoms with van der Waals surface area (Å²) in [5.74, 6) is -0.282. The van der Waals surface area contributed by atoms with Crippen molar-refractivity contribution in [3.63, 3.8) is 0 Å². The Hall–Kier alpha value is -0.830. The van der Waals surface area contributed by atoms with Crippen LogP contribution in [0.5, 0.6) is 0 Å². The van der Waals surface area contributed by atoms with Crippen LogP contribution in [0.15, 0.2) is 12.2 Å². The Morgan fingerprint density at radius 3 is 2.15 bits per heavy atom. The number of unbranched alkanes of at least 4 members (excludes halogenated alkanes) is 6. The number of carbonyl (C=O) groups excluding carboxylic acids is 1. The summed E-state index contributed by atoms with van der Waals surface area (Å²) >= 11 is 0. The maximum absolute atomic E-state index is 11.1. The van der Waals surface area contributed by atoms with Crippen LogP contribution in [0.2, 0.25) is 0 Å². The fraction of sp³-hybridized carbons (Fsp3) is 0.824. The van der Waals surface area contributed by atoms with Gasteiger partial charge in [0.2, 0.25) is 0 Å². The lowest BCUT2D eigenvalue weighted by molar-refractivity contribution is -0.139. The second kappa shape index (κ2) is 13.2. The molecule has 0 amide bonds. The Morgan fingerprint density at radius 2 is 1.60 bits per heavy atom. The van der Waals surface area contributed by atoms with Crippen molar-refractivity contribution in [2.24, 2.45) is 0 Å². The van der Waals surface area contributed by atoms with Crippen LogP contribution in [0.3, 0.4) is 0 Å². The topological polar surface area (TPSA) is 46.5 Å². The predicted molar refractivity (Wildman–Crippen MR) is 83.6 cm³/mol. The molecule has 0 aromatic carbocycles. The highest BCUT2D eigenvalue weighted by molar-refractivity contribution is 5.86. The smallest absolute Gasteiger partial charge is 0.333 e. The fourth-order valence-electron chi connectivity index (χ4n) is 2.13. The van der Waals surface area contributed by atoms with Gasteiger partial charge >= 0.3 is 5.97 Å². The van der Waals surface area contributed by atoms with E-state index in [-0.39, 0.29) is 12.1 Å². The highest BCUT2D eigenvalue weighted by atomic mass is 16.5. The van der Waals surface area contributed by atoms with Gasteiger partial charge in [-0.2, -0.15) is 0 Å². The van der Waals surface area contributed by atoms with E-state index in [0.717, 1.165) is 38.5 Å². The SMILES string of the molecule is C=C(C)C(=O)OCCCCCCCCCC(O)CCC. The molecule has 0 aromatic heterocycles. The van der Waals surface area contributed by atoms with Gasteiger partial charge in [0.1, 0.15) is 0 Å². The van der Waals surface area contributed by atoms with Crippen LogP contribution in [-0.2, 0) is 9.53 Å². The van der Waals surface area contributed by atoms with E-state index < -0.39 is 0 Å². The fourth-order valence-corrected chi connectivity index (χ4v) is 2.13. The number of carbonyl (C=O) groups is 1.